The minimum atomic E-state index is -4.77. The molecule has 0 bridgehead atoms. The Bertz CT molecular complexity index is 401. The van der Waals surface area contributed by atoms with Crippen molar-refractivity contribution in [2.24, 2.45) is 5.73 Å². The molecule has 3 nitrogen and oxygen atoms in total. The number of methoxy groups -OCH3 is 1. The van der Waals surface area contributed by atoms with Gasteiger partial charge in [-0.3, -0.25) is 0 Å². The number of nitrogens with two attached hydrogens (primary N) is 1. The predicted octanol–water partition coefficient (Wildman–Crippen LogP) is 2.69. The quantitative estimate of drug-likeness (QED) is 0.903. The summed E-state index contributed by atoms with van der Waals surface area (Å²) in [4.78, 5) is 0. The lowest BCUT2D eigenvalue weighted by Crippen LogP contribution is -2.38. The van der Waals surface area contributed by atoms with Crippen LogP contribution in [-0.4, -0.2) is 24.5 Å². The van der Waals surface area contributed by atoms with Crippen molar-refractivity contribution in [2.45, 2.75) is 18.3 Å². The zero-order valence-electron chi connectivity index (χ0n) is 9.24. The SMILES string of the molecule is COc1cc([C@@H](N)[C@@H](O)C(F)(F)F)ccc1Cl.Cl. The first-order valence-electron chi connectivity index (χ1n) is 4.61. The summed E-state index contributed by atoms with van der Waals surface area (Å²) >= 11 is 5.72. The number of benzene rings is 1. The van der Waals surface area contributed by atoms with Crippen LogP contribution in [0.4, 0.5) is 13.2 Å². The van der Waals surface area contributed by atoms with Gasteiger partial charge < -0.3 is 15.6 Å². The van der Waals surface area contributed by atoms with Crippen molar-refractivity contribution in [1.82, 2.24) is 0 Å². The average Bonchev–Trinajstić information content (AvgIpc) is 2.26. The molecule has 104 valence electrons. The van der Waals surface area contributed by atoms with Gasteiger partial charge in [-0.2, -0.15) is 13.2 Å². The van der Waals surface area contributed by atoms with Crippen LogP contribution in [0.25, 0.3) is 0 Å². The Morgan fingerprint density at radius 2 is 1.94 bits per heavy atom. The topological polar surface area (TPSA) is 55.5 Å². The normalized spacial score (nSPS) is 14.6. The smallest absolute Gasteiger partial charge is 0.416 e. The third-order valence-corrected chi connectivity index (χ3v) is 2.55. The maximum absolute atomic E-state index is 12.3. The van der Waals surface area contributed by atoms with E-state index in [4.69, 9.17) is 27.2 Å². The molecule has 0 aliphatic carbocycles. The Morgan fingerprint density at radius 3 is 2.39 bits per heavy atom. The fraction of sp³-hybridized carbons (Fsp3) is 0.400. The van der Waals surface area contributed by atoms with E-state index < -0.39 is 18.3 Å². The molecule has 0 aliphatic rings. The van der Waals surface area contributed by atoms with Crippen LogP contribution in [0.15, 0.2) is 18.2 Å². The van der Waals surface area contributed by atoms with E-state index in [0.29, 0.717) is 0 Å². The van der Waals surface area contributed by atoms with Gasteiger partial charge in [-0.25, -0.2) is 0 Å². The molecule has 2 atom stereocenters. The van der Waals surface area contributed by atoms with Crippen molar-refractivity contribution < 1.29 is 23.0 Å². The minimum Gasteiger partial charge on any atom is -0.495 e. The van der Waals surface area contributed by atoms with Crippen LogP contribution >= 0.6 is 24.0 Å². The third-order valence-electron chi connectivity index (χ3n) is 2.24. The molecule has 0 spiro atoms. The maximum atomic E-state index is 12.3. The second kappa shape index (κ2) is 6.47. The second-order valence-electron chi connectivity index (χ2n) is 3.41. The Morgan fingerprint density at radius 1 is 1.39 bits per heavy atom. The molecule has 0 saturated carbocycles. The molecule has 0 amide bonds. The van der Waals surface area contributed by atoms with Crippen LogP contribution in [0.5, 0.6) is 5.75 Å². The molecule has 1 rings (SSSR count). The summed E-state index contributed by atoms with van der Waals surface area (Å²) in [7, 11) is 1.33. The van der Waals surface area contributed by atoms with Gasteiger partial charge in [0.2, 0.25) is 0 Å². The van der Waals surface area contributed by atoms with Crippen molar-refractivity contribution in [3.8, 4) is 5.75 Å². The van der Waals surface area contributed by atoms with E-state index in [1.165, 1.54) is 25.3 Å². The van der Waals surface area contributed by atoms with Crippen LogP contribution in [0.1, 0.15) is 11.6 Å². The number of halogens is 5. The van der Waals surface area contributed by atoms with Crippen LogP contribution in [-0.2, 0) is 0 Å². The van der Waals surface area contributed by atoms with E-state index >= 15 is 0 Å². The number of ether oxygens (including phenoxy) is 1. The van der Waals surface area contributed by atoms with Gasteiger partial charge in [0.1, 0.15) is 5.75 Å². The highest BCUT2D eigenvalue weighted by Crippen LogP contribution is 2.32. The fourth-order valence-electron chi connectivity index (χ4n) is 1.27. The molecule has 0 aromatic heterocycles. The summed E-state index contributed by atoms with van der Waals surface area (Å²) in [6.45, 7) is 0. The Kier molecular flexibility index (Phi) is 6.22. The summed E-state index contributed by atoms with van der Waals surface area (Å²) in [5.41, 5.74) is 5.42. The summed E-state index contributed by atoms with van der Waals surface area (Å²) in [6, 6.07) is 2.35. The van der Waals surface area contributed by atoms with Crippen molar-refractivity contribution in [1.29, 1.82) is 0 Å². The van der Waals surface area contributed by atoms with Crippen molar-refractivity contribution >= 4 is 24.0 Å². The average molecular weight is 306 g/mol. The van der Waals surface area contributed by atoms with Crippen molar-refractivity contribution in [3.05, 3.63) is 28.8 Å². The standard InChI is InChI=1S/C10H11ClF3NO2.ClH/c1-17-7-4-5(2-3-6(7)11)8(15)9(16)10(12,13)14;/h2-4,8-9,16H,15H2,1H3;1H/t8-,9-;/m1./s1. The number of rotatable bonds is 3. The molecule has 3 N–H and O–H groups in total. The molecule has 0 radical (unpaired) electrons. The van der Waals surface area contributed by atoms with Crippen LogP contribution in [0.3, 0.4) is 0 Å². The van der Waals surface area contributed by atoms with Gasteiger partial charge in [0, 0.05) is 0 Å². The lowest BCUT2D eigenvalue weighted by molar-refractivity contribution is -0.210. The van der Waals surface area contributed by atoms with Gasteiger partial charge in [0.15, 0.2) is 6.10 Å². The molecule has 0 unspecified atom stereocenters. The molecule has 0 fully saturated rings. The van der Waals surface area contributed by atoms with E-state index in [2.05, 4.69) is 0 Å². The molecule has 18 heavy (non-hydrogen) atoms. The second-order valence-corrected chi connectivity index (χ2v) is 3.81. The number of hydrogen-bond donors (Lipinski definition) is 2. The van der Waals surface area contributed by atoms with E-state index in [9.17, 15) is 13.2 Å². The summed E-state index contributed by atoms with van der Waals surface area (Å²) in [6.07, 6.45) is -7.40. The van der Waals surface area contributed by atoms with Crippen molar-refractivity contribution in [2.75, 3.05) is 7.11 Å². The molecule has 0 heterocycles. The van der Waals surface area contributed by atoms with Gasteiger partial charge in [-0.1, -0.05) is 17.7 Å². The lowest BCUT2D eigenvalue weighted by atomic mass is 10.0. The van der Waals surface area contributed by atoms with Gasteiger partial charge in [-0.15, -0.1) is 12.4 Å². The first kappa shape index (κ1) is 17.3. The highest BCUT2D eigenvalue weighted by atomic mass is 35.5. The number of alkyl halides is 3. The summed E-state index contributed by atoms with van der Waals surface area (Å²) in [5, 5.41) is 9.27. The lowest BCUT2D eigenvalue weighted by Gasteiger charge is -2.22. The van der Waals surface area contributed by atoms with Gasteiger partial charge in [0.05, 0.1) is 18.2 Å². The summed E-state index contributed by atoms with van der Waals surface area (Å²) < 4.78 is 41.6. The van der Waals surface area contributed by atoms with E-state index in [1.54, 1.807) is 0 Å². The van der Waals surface area contributed by atoms with Crippen LogP contribution in [0.2, 0.25) is 5.02 Å². The largest absolute Gasteiger partial charge is 0.495 e. The molecule has 1 aromatic rings. The fourth-order valence-corrected chi connectivity index (χ4v) is 1.46. The molecular weight excluding hydrogens is 294 g/mol. The number of hydrogen-bond acceptors (Lipinski definition) is 3. The minimum absolute atomic E-state index is 0. The van der Waals surface area contributed by atoms with Crippen molar-refractivity contribution in [3.63, 3.8) is 0 Å². The first-order chi connectivity index (χ1) is 7.77. The Balaban J connectivity index is 0.00000289. The zero-order valence-corrected chi connectivity index (χ0v) is 10.8. The van der Waals surface area contributed by atoms with E-state index in [1.807, 2.05) is 0 Å². The number of aliphatic hydroxyl groups excluding tert-OH is 1. The zero-order chi connectivity index (χ0) is 13.2. The van der Waals surface area contributed by atoms with Gasteiger partial charge >= 0.3 is 6.18 Å². The molecule has 8 heteroatoms. The maximum Gasteiger partial charge on any atom is 0.416 e. The Hall–Kier alpha value is -0.690. The first-order valence-corrected chi connectivity index (χ1v) is 4.99. The number of aliphatic hydroxyl groups is 1. The van der Waals surface area contributed by atoms with Gasteiger partial charge in [-0.05, 0) is 17.7 Å². The van der Waals surface area contributed by atoms with Gasteiger partial charge in [0.25, 0.3) is 0 Å². The third kappa shape index (κ3) is 3.91. The van der Waals surface area contributed by atoms with E-state index in [-0.39, 0.29) is 28.7 Å². The highest BCUT2D eigenvalue weighted by Gasteiger charge is 2.42. The monoisotopic (exact) mass is 305 g/mol. The predicted molar refractivity (Wildman–Crippen MR) is 64.2 cm³/mol. The molecular formula is C10H12Cl2F3NO2. The Labute approximate surface area is 113 Å². The summed E-state index contributed by atoms with van der Waals surface area (Å²) in [5.74, 6) is 0.203. The highest BCUT2D eigenvalue weighted by molar-refractivity contribution is 6.32. The van der Waals surface area contributed by atoms with Crippen LogP contribution < -0.4 is 10.5 Å². The van der Waals surface area contributed by atoms with E-state index in [0.717, 1.165) is 0 Å². The molecule has 0 aliphatic heterocycles. The van der Waals surface area contributed by atoms with Crippen LogP contribution in [0, 0.1) is 0 Å². The molecule has 0 saturated heterocycles. The molecule has 1 aromatic carbocycles.